The molecule has 8 heteroatoms. The van der Waals surface area contributed by atoms with E-state index in [-0.39, 0.29) is 30.6 Å². The first kappa shape index (κ1) is 20.8. The van der Waals surface area contributed by atoms with E-state index in [0.29, 0.717) is 22.9 Å². The van der Waals surface area contributed by atoms with Gasteiger partial charge in [-0.2, -0.15) is 0 Å². The number of nitrogens with one attached hydrogen (secondary N) is 2. The lowest BCUT2D eigenvalue weighted by molar-refractivity contribution is -0.118. The highest BCUT2D eigenvalue weighted by Crippen LogP contribution is 2.20. The van der Waals surface area contributed by atoms with E-state index >= 15 is 0 Å². The van der Waals surface area contributed by atoms with Crippen LogP contribution in [0.4, 0.5) is 11.4 Å². The van der Waals surface area contributed by atoms with Gasteiger partial charge in [0.05, 0.1) is 0 Å². The monoisotopic (exact) mass is 410 g/mol. The summed E-state index contributed by atoms with van der Waals surface area (Å²) in [7, 11) is 0. The molecule has 1 amide bonds. The van der Waals surface area contributed by atoms with Gasteiger partial charge in [0.1, 0.15) is 29.6 Å². The van der Waals surface area contributed by atoms with Crippen LogP contribution in [0, 0.1) is 0 Å². The zero-order valence-electron chi connectivity index (χ0n) is 16.0. The summed E-state index contributed by atoms with van der Waals surface area (Å²) in [5, 5.41) is 34.1. The Morgan fingerprint density at radius 3 is 2.03 bits per heavy atom. The number of amides is 1. The summed E-state index contributed by atoms with van der Waals surface area (Å²) in [6, 6.07) is 19.1. The number of hydrogen-bond acceptors (Lipinski definition) is 7. The predicted octanol–water partition coefficient (Wildman–Crippen LogP) is 2.92. The SMILES string of the molecule is O=C(COc1cccc(OCC(O)Nc2ccc(O)cc2)c1)Nc1ccc(O)cc1. The normalized spacial score (nSPS) is 11.4. The van der Waals surface area contributed by atoms with E-state index in [9.17, 15) is 20.1 Å². The average molecular weight is 410 g/mol. The maximum atomic E-state index is 12.0. The highest BCUT2D eigenvalue weighted by atomic mass is 16.5. The number of rotatable bonds is 9. The highest BCUT2D eigenvalue weighted by Gasteiger charge is 2.08. The summed E-state index contributed by atoms with van der Waals surface area (Å²) in [5.41, 5.74) is 1.19. The van der Waals surface area contributed by atoms with Gasteiger partial charge < -0.3 is 35.4 Å². The van der Waals surface area contributed by atoms with Crippen LogP contribution in [0.15, 0.2) is 72.8 Å². The van der Waals surface area contributed by atoms with Crippen LogP contribution < -0.4 is 20.1 Å². The van der Waals surface area contributed by atoms with Gasteiger partial charge in [0, 0.05) is 17.4 Å². The first-order valence-corrected chi connectivity index (χ1v) is 9.16. The molecule has 3 aromatic carbocycles. The van der Waals surface area contributed by atoms with Crippen molar-refractivity contribution in [2.75, 3.05) is 23.8 Å². The molecule has 0 aliphatic carbocycles. The predicted molar refractivity (Wildman–Crippen MR) is 112 cm³/mol. The van der Waals surface area contributed by atoms with Crippen LogP contribution in [0.3, 0.4) is 0 Å². The molecule has 0 saturated carbocycles. The molecule has 0 bridgehead atoms. The van der Waals surface area contributed by atoms with Gasteiger partial charge in [0.2, 0.25) is 0 Å². The fraction of sp³-hybridized carbons (Fsp3) is 0.136. The second-order valence-corrected chi connectivity index (χ2v) is 6.38. The van der Waals surface area contributed by atoms with Crippen molar-refractivity contribution in [1.82, 2.24) is 0 Å². The maximum absolute atomic E-state index is 12.0. The molecule has 8 nitrogen and oxygen atoms in total. The molecule has 5 N–H and O–H groups in total. The van der Waals surface area contributed by atoms with Crippen molar-refractivity contribution in [3.63, 3.8) is 0 Å². The van der Waals surface area contributed by atoms with Crippen LogP contribution in [-0.4, -0.2) is 40.7 Å². The van der Waals surface area contributed by atoms with E-state index in [1.165, 1.54) is 24.3 Å². The summed E-state index contributed by atoms with van der Waals surface area (Å²) < 4.78 is 11.0. The Labute approximate surface area is 173 Å². The molecule has 0 heterocycles. The Kier molecular flexibility index (Phi) is 6.96. The standard InChI is InChI=1S/C22H22N2O6/c25-17-8-4-15(5-9-17)23-21(27)13-29-19-2-1-3-20(12-19)30-14-22(28)24-16-6-10-18(26)11-7-16/h1-12,21,23,25-27H,13-14H2,(H,24,28). The van der Waals surface area contributed by atoms with Crippen molar-refractivity contribution >= 4 is 17.3 Å². The van der Waals surface area contributed by atoms with Gasteiger partial charge in [-0.05, 0) is 60.7 Å². The van der Waals surface area contributed by atoms with Gasteiger partial charge in [0.25, 0.3) is 5.91 Å². The Morgan fingerprint density at radius 1 is 0.833 bits per heavy atom. The smallest absolute Gasteiger partial charge is 0.262 e. The quantitative estimate of drug-likeness (QED) is 0.272. The van der Waals surface area contributed by atoms with E-state index in [0.717, 1.165) is 0 Å². The Morgan fingerprint density at radius 2 is 1.40 bits per heavy atom. The lowest BCUT2D eigenvalue weighted by Gasteiger charge is -2.15. The molecule has 0 radical (unpaired) electrons. The van der Waals surface area contributed by atoms with E-state index < -0.39 is 6.23 Å². The van der Waals surface area contributed by atoms with Crippen LogP contribution in [0.5, 0.6) is 23.0 Å². The molecule has 3 rings (SSSR count). The number of anilines is 2. The molecular weight excluding hydrogens is 388 g/mol. The van der Waals surface area contributed by atoms with Crippen LogP contribution >= 0.6 is 0 Å². The van der Waals surface area contributed by atoms with Gasteiger partial charge in [-0.15, -0.1) is 0 Å². The summed E-state index contributed by atoms with van der Waals surface area (Å²) in [5.74, 6) is 0.817. The Bertz CT molecular complexity index is 960. The van der Waals surface area contributed by atoms with Crippen molar-refractivity contribution < 1.29 is 29.6 Å². The number of aliphatic hydroxyl groups excluding tert-OH is 1. The van der Waals surface area contributed by atoms with Crippen LogP contribution in [-0.2, 0) is 4.79 Å². The third-order valence-corrected chi connectivity index (χ3v) is 3.93. The molecule has 0 spiro atoms. The number of phenolic OH excluding ortho intramolecular Hbond substituents is 2. The third-order valence-electron chi connectivity index (χ3n) is 3.93. The first-order chi connectivity index (χ1) is 14.5. The molecule has 0 aromatic heterocycles. The summed E-state index contributed by atoms with van der Waals surface area (Å²) in [6.07, 6.45) is -0.963. The Balaban J connectivity index is 1.45. The number of aromatic hydroxyl groups is 2. The molecule has 0 aliphatic rings. The summed E-state index contributed by atoms with van der Waals surface area (Å²) in [4.78, 5) is 12.0. The number of carbonyl (C=O) groups is 1. The van der Waals surface area contributed by atoms with Crippen molar-refractivity contribution in [2.24, 2.45) is 0 Å². The maximum Gasteiger partial charge on any atom is 0.262 e. The third kappa shape index (κ3) is 6.61. The fourth-order valence-electron chi connectivity index (χ4n) is 2.51. The van der Waals surface area contributed by atoms with Gasteiger partial charge in [-0.1, -0.05) is 6.07 Å². The number of carbonyl (C=O) groups excluding carboxylic acids is 1. The first-order valence-electron chi connectivity index (χ1n) is 9.16. The van der Waals surface area contributed by atoms with E-state index in [1.54, 1.807) is 48.5 Å². The molecule has 156 valence electrons. The summed E-state index contributed by atoms with van der Waals surface area (Å²) >= 11 is 0. The van der Waals surface area contributed by atoms with Crippen LogP contribution in [0.25, 0.3) is 0 Å². The second kappa shape index (κ2) is 10.0. The molecule has 3 aromatic rings. The molecule has 0 fully saturated rings. The minimum atomic E-state index is -0.963. The van der Waals surface area contributed by atoms with E-state index in [4.69, 9.17) is 9.47 Å². The number of ether oxygens (including phenoxy) is 2. The molecular formula is C22H22N2O6. The molecule has 1 atom stereocenters. The van der Waals surface area contributed by atoms with Gasteiger partial charge in [-0.3, -0.25) is 4.79 Å². The van der Waals surface area contributed by atoms with Crippen molar-refractivity contribution in [2.45, 2.75) is 6.23 Å². The number of phenols is 2. The van der Waals surface area contributed by atoms with E-state index in [1.807, 2.05) is 0 Å². The average Bonchev–Trinajstić information content (AvgIpc) is 2.74. The largest absolute Gasteiger partial charge is 0.508 e. The second-order valence-electron chi connectivity index (χ2n) is 6.38. The zero-order chi connectivity index (χ0) is 21.3. The van der Waals surface area contributed by atoms with Crippen LogP contribution in [0.2, 0.25) is 0 Å². The van der Waals surface area contributed by atoms with Crippen molar-refractivity contribution in [3.05, 3.63) is 72.8 Å². The number of aliphatic hydroxyl groups is 1. The van der Waals surface area contributed by atoms with Gasteiger partial charge >= 0.3 is 0 Å². The molecule has 1 unspecified atom stereocenters. The van der Waals surface area contributed by atoms with E-state index in [2.05, 4.69) is 10.6 Å². The van der Waals surface area contributed by atoms with Gasteiger partial charge in [0.15, 0.2) is 12.8 Å². The Hall–Kier alpha value is -3.91. The highest BCUT2D eigenvalue weighted by molar-refractivity contribution is 5.91. The van der Waals surface area contributed by atoms with Gasteiger partial charge in [-0.25, -0.2) is 0 Å². The molecule has 0 aliphatic heterocycles. The van der Waals surface area contributed by atoms with Crippen molar-refractivity contribution in [3.8, 4) is 23.0 Å². The lowest BCUT2D eigenvalue weighted by atomic mass is 10.3. The summed E-state index contributed by atoms with van der Waals surface area (Å²) in [6.45, 7) is -0.221. The fourth-order valence-corrected chi connectivity index (χ4v) is 2.51. The number of benzene rings is 3. The minimum Gasteiger partial charge on any atom is -0.508 e. The minimum absolute atomic E-state index is 0.0222. The number of hydrogen-bond donors (Lipinski definition) is 5. The zero-order valence-corrected chi connectivity index (χ0v) is 16.0. The molecule has 0 saturated heterocycles. The van der Waals surface area contributed by atoms with Crippen LogP contribution in [0.1, 0.15) is 0 Å². The lowest BCUT2D eigenvalue weighted by Crippen LogP contribution is -2.26. The topological polar surface area (TPSA) is 120 Å². The van der Waals surface area contributed by atoms with Crippen molar-refractivity contribution in [1.29, 1.82) is 0 Å². The molecule has 30 heavy (non-hydrogen) atoms.